The first-order valence-electron chi connectivity index (χ1n) is 9.79. The Hall–Kier alpha value is -2.34. The summed E-state index contributed by atoms with van der Waals surface area (Å²) < 4.78 is 2.12. The van der Waals surface area contributed by atoms with Crippen LogP contribution in [0.15, 0.2) is 47.8 Å². The van der Waals surface area contributed by atoms with E-state index in [4.69, 9.17) is 23.2 Å². The fraction of sp³-hybridized carbons (Fsp3) is 0.217. The fourth-order valence-corrected chi connectivity index (χ4v) is 4.84. The van der Waals surface area contributed by atoms with Crippen LogP contribution in [-0.2, 0) is 6.54 Å². The van der Waals surface area contributed by atoms with Crippen LogP contribution < -0.4 is 5.32 Å². The van der Waals surface area contributed by atoms with E-state index in [0.29, 0.717) is 26.6 Å². The number of aromatic nitrogens is 2. The van der Waals surface area contributed by atoms with Crippen LogP contribution in [0.1, 0.15) is 35.8 Å². The molecule has 0 spiro atoms. The predicted molar refractivity (Wildman–Crippen MR) is 127 cm³/mol. The molecule has 7 heteroatoms. The van der Waals surface area contributed by atoms with Crippen molar-refractivity contribution in [1.82, 2.24) is 9.55 Å². The summed E-state index contributed by atoms with van der Waals surface area (Å²) in [4.78, 5) is 17.8. The summed E-state index contributed by atoms with van der Waals surface area (Å²) in [6, 6.07) is 13.4. The number of carbonyl (C=O) groups excluding carboxylic acids is 1. The largest absolute Gasteiger partial charge is 0.336 e. The average Bonchev–Trinajstić information content (AvgIpc) is 3.29. The second kappa shape index (κ2) is 8.80. The number of aryl methyl sites for hydroxylation is 2. The number of benzene rings is 2. The number of para-hydroxylation sites is 1. The molecule has 4 nitrogen and oxygen atoms in total. The Balaban J connectivity index is 1.65. The van der Waals surface area contributed by atoms with Crippen molar-refractivity contribution >= 4 is 56.5 Å². The minimum absolute atomic E-state index is 0.150. The normalized spacial score (nSPS) is 11.2. The van der Waals surface area contributed by atoms with Gasteiger partial charge >= 0.3 is 0 Å². The lowest BCUT2D eigenvalue weighted by Crippen LogP contribution is -2.18. The zero-order chi connectivity index (χ0) is 21.3. The topological polar surface area (TPSA) is 46.9 Å². The van der Waals surface area contributed by atoms with Crippen molar-refractivity contribution in [3.8, 4) is 11.3 Å². The van der Waals surface area contributed by atoms with Gasteiger partial charge in [0.15, 0.2) is 5.13 Å². The van der Waals surface area contributed by atoms with Gasteiger partial charge in [-0.2, -0.15) is 0 Å². The van der Waals surface area contributed by atoms with Crippen molar-refractivity contribution in [2.45, 2.75) is 33.2 Å². The van der Waals surface area contributed by atoms with Crippen LogP contribution >= 0.6 is 34.5 Å². The molecular formula is C23H21Cl2N3OS. The number of nitrogens with zero attached hydrogens (tertiary/aromatic N) is 2. The summed E-state index contributed by atoms with van der Waals surface area (Å²) in [7, 11) is 0. The van der Waals surface area contributed by atoms with E-state index in [2.05, 4.69) is 33.9 Å². The van der Waals surface area contributed by atoms with Gasteiger partial charge in [0, 0.05) is 33.4 Å². The molecule has 154 valence electrons. The first-order chi connectivity index (χ1) is 14.5. The SMILES string of the molecule is CCCCn1c(C(=O)Nc2nc(-c3ccc(Cl)cc3Cl)cs2)c(C)c2ccccc21. The van der Waals surface area contributed by atoms with Gasteiger partial charge in [0.2, 0.25) is 0 Å². The van der Waals surface area contributed by atoms with Gasteiger partial charge in [0.25, 0.3) is 5.91 Å². The van der Waals surface area contributed by atoms with Gasteiger partial charge < -0.3 is 4.57 Å². The fourth-order valence-electron chi connectivity index (χ4n) is 3.63. The van der Waals surface area contributed by atoms with Gasteiger partial charge in [0.05, 0.1) is 10.7 Å². The number of rotatable bonds is 6. The number of fused-ring (bicyclic) bond motifs is 1. The molecular weight excluding hydrogens is 437 g/mol. The molecule has 0 bridgehead atoms. The van der Waals surface area contributed by atoms with E-state index in [1.807, 2.05) is 30.5 Å². The van der Waals surface area contributed by atoms with Gasteiger partial charge in [-0.1, -0.05) is 54.7 Å². The van der Waals surface area contributed by atoms with Crippen LogP contribution in [0.5, 0.6) is 0 Å². The zero-order valence-electron chi connectivity index (χ0n) is 16.7. The summed E-state index contributed by atoms with van der Waals surface area (Å²) in [6.45, 7) is 4.95. The lowest BCUT2D eigenvalue weighted by molar-refractivity contribution is 0.101. The Labute approximate surface area is 189 Å². The lowest BCUT2D eigenvalue weighted by atomic mass is 10.1. The monoisotopic (exact) mass is 457 g/mol. The number of anilines is 1. The second-order valence-corrected chi connectivity index (χ2v) is 8.81. The Morgan fingerprint density at radius 2 is 2.00 bits per heavy atom. The molecule has 0 aliphatic heterocycles. The van der Waals surface area contributed by atoms with E-state index in [1.165, 1.54) is 11.3 Å². The Kier molecular flexibility index (Phi) is 6.14. The Bertz CT molecular complexity index is 1230. The van der Waals surface area contributed by atoms with Gasteiger partial charge in [-0.05, 0) is 43.2 Å². The van der Waals surface area contributed by atoms with Crippen LogP contribution in [0.3, 0.4) is 0 Å². The number of thiazole rings is 1. The molecule has 4 rings (SSSR count). The molecule has 0 fully saturated rings. The standard InChI is InChI=1S/C23H21Cl2N3OS/c1-3-4-11-28-20-8-6-5-7-16(20)14(2)21(28)22(29)27-23-26-19(13-30-23)17-10-9-15(24)12-18(17)25/h5-10,12-13H,3-4,11H2,1-2H3,(H,26,27,29). The summed E-state index contributed by atoms with van der Waals surface area (Å²) in [6.07, 6.45) is 2.07. The number of hydrogen-bond donors (Lipinski definition) is 1. The van der Waals surface area contributed by atoms with Crippen molar-refractivity contribution in [2.24, 2.45) is 0 Å². The summed E-state index contributed by atoms with van der Waals surface area (Å²) in [5.74, 6) is -0.150. The summed E-state index contributed by atoms with van der Waals surface area (Å²) in [5.41, 5.74) is 4.25. The maximum absolute atomic E-state index is 13.2. The predicted octanol–water partition coefficient (Wildman–Crippen LogP) is 7.43. The molecule has 0 saturated carbocycles. The highest BCUT2D eigenvalue weighted by Crippen LogP contribution is 2.33. The smallest absolute Gasteiger partial charge is 0.274 e. The molecule has 0 aliphatic carbocycles. The molecule has 1 N–H and O–H groups in total. The van der Waals surface area contributed by atoms with Gasteiger partial charge in [0.1, 0.15) is 5.69 Å². The highest BCUT2D eigenvalue weighted by Gasteiger charge is 2.21. The molecule has 0 saturated heterocycles. The van der Waals surface area contributed by atoms with Crippen molar-refractivity contribution in [3.63, 3.8) is 0 Å². The third-order valence-corrected chi connectivity index (χ3v) is 6.41. The molecule has 1 amide bonds. The van der Waals surface area contributed by atoms with E-state index in [9.17, 15) is 4.79 Å². The number of amides is 1. The van der Waals surface area contributed by atoms with E-state index in [1.54, 1.807) is 12.1 Å². The molecule has 30 heavy (non-hydrogen) atoms. The Morgan fingerprint density at radius 3 is 2.77 bits per heavy atom. The van der Waals surface area contributed by atoms with Crippen LogP contribution in [0.2, 0.25) is 10.0 Å². The molecule has 2 aromatic carbocycles. The first-order valence-corrected chi connectivity index (χ1v) is 11.4. The third kappa shape index (κ3) is 3.97. The number of hydrogen-bond acceptors (Lipinski definition) is 3. The first kappa shape index (κ1) is 20.9. The molecule has 4 aromatic rings. The van der Waals surface area contributed by atoms with E-state index in [-0.39, 0.29) is 5.91 Å². The summed E-state index contributed by atoms with van der Waals surface area (Å²) >= 11 is 13.7. The van der Waals surface area contributed by atoms with Gasteiger partial charge in [-0.15, -0.1) is 11.3 Å². The summed E-state index contributed by atoms with van der Waals surface area (Å²) in [5, 5.41) is 7.59. The minimum atomic E-state index is -0.150. The average molecular weight is 458 g/mol. The minimum Gasteiger partial charge on any atom is -0.336 e. The van der Waals surface area contributed by atoms with Gasteiger partial charge in [-0.3, -0.25) is 10.1 Å². The quantitative estimate of drug-likeness (QED) is 0.327. The number of nitrogens with one attached hydrogen (secondary N) is 1. The number of halogens is 2. The lowest BCUT2D eigenvalue weighted by Gasteiger charge is -2.10. The highest BCUT2D eigenvalue weighted by atomic mass is 35.5. The van der Waals surface area contributed by atoms with Crippen LogP contribution in [0.25, 0.3) is 22.2 Å². The van der Waals surface area contributed by atoms with E-state index < -0.39 is 0 Å². The van der Waals surface area contributed by atoms with Crippen LogP contribution in [0.4, 0.5) is 5.13 Å². The highest BCUT2D eigenvalue weighted by molar-refractivity contribution is 7.14. The number of unbranched alkanes of at least 4 members (excludes halogenated alkanes) is 1. The zero-order valence-corrected chi connectivity index (χ0v) is 19.0. The maximum atomic E-state index is 13.2. The Morgan fingerprint density at radius 1 is 1.20 bits per heavy atom. The van der Waals surface area contributed by atoms with Gasteiger partial charge in [-0.25, -0.2) is 4.98 Å². The van der Waals surface area contributed by atoms with Crippen molar-refractivity contribution in [2.75, 3.05) is 5.32 Å². The second-order valence-electron chi connectivity index (χ2n) is 7.11. The number of carbonyl (C=O) groups is 1. The van der Waals surface area contributed by atoms with Crippen molar-refractivity contribution < 1.29 is 4.79 Å². The molecule has 0 aliphatic rings. The molecule has 2 heterocycles. The third-order valence-electron chi connectivity index (χ3n) is 5.11. The molecule has 0 atom stereocenters. The van der Waals surface area contributed by atoms with E-state index in [0.717, 1.165) is 41.4 Å². The van der Waals surface area contributed by atoms with Crippen molar-refractivity contribution in [1.29, 1.82) is 0 Å². The van der Waals surface area contributed by atoms with Crippen LogP contribution in [0, 0.1) is 6.92 Å². The van der Waals surface area contributed by atoms with Crippen LogP contribution in [-0.4, -0.2) is 15.5 Å². The molecule has 0 radical (unpaired) electrons. The molecule has 0 unspecified atom stereocenters. The van der Waals surface area contributed by atoms with E-state index >= 15 is 0 Å². The van der Waals surface area contributed by atoms with Crippen molar-refractivity contribution in [3.05, 3.63) is 69.1 Å². The molecule has 2 aromatic heterocycles. The maximum Gasteiger partial charge on any atom is 0.274 e.